The van der Waals surface area contributed by atoms with Crippen LogP contribution in [0, 0.1) is 19.8 Å². The van der Waals surface area contributed by atoms with Gasteiger partial charge < -0.3 is 14.6 Å². The zero-order valence-corrected chi connectivity index (χ0v) is 16.1. The number of benzene rings is 2. The highest BCUT2D eigenvalue weighted by molar-refractivity contribution is 6.01. The highest BCUT2D eigenvalue weighted by Gasteiger charge is 2.31. The fourth-order valence-corrected chi connectivity index (χ4v) is 3.72. The van der Waals surface area contributed by atoms with Crippen molar-refractivity contribution in [1.29, 1.82) is 0 Å². The molecule has 1 aromatic heterocycles. The van der Waals surface area contributed by atoms with Crippen molar-refractivity contribution in [3.63, 3.8) is 0 Å². The second-order valence-electron chi connectivity index (χ2n) is 7.43. The standard InChI is InChI=1S/C23H24N2O3/c1-15-6-5-7-17(10-15)20-8-3-4-9-21(20)23(26)24-22-14-27-13-18(22)12-19-11-16(2)25-28-19/h3-11,18,22H,12-14H2,1-2H3,(H,24,26)/t18-,22+/m0/s1. The van der Waals surface area contributed by atoms with Crippen LogP contribution in [0.3, 0.4) is 0 Å². The van der Waals surface area contributed by atoms with Crippen LogP contribution in [0.25, 0.3) is 11.1 Å². The summed E-state index contributed by atoms with van der Waals surface area (Å²) in [5.41, 5.74) is 4.68. The Hall–Kier alpha value is -2.92. The number of amides is 1. The number of ether oxygens (including phenoxy) is 1. The number of nitrogens with zero attached hydrogens (tertiary/aromatic N) is 1. The van der Waals surface area contributed by atoms with Gasteiger partial charge >= 0.3 is 0 Å². The molecule has 0 bridgehead atoms. The number of aryl methyl sites for hydroxylation is 2. The van der Waals surface area contributed by atoms with Crippen molar-refractivity contribution in [3.05, 3.63) is 77.2 Å². The number of nitrogens with one attached hydrogen (secondary N) is 1. The van der Waals surface area contributed by atoms with Gasteiger partial charge in [0.25, 0.3) is 5.91 Å². The average Bonchev–Trinajstić information content (AvgIpc) is 3.31. The van der Waals surface area contributed by atoms with E-state index >= 15 is 0 Å². The molecule has 2 aromatic carbocycles. The SMILES string of the molecule is Cc1cccc(-c2ccccc2C(=O)N[C@@H]2COC[C@@H]2Cc2cc(C)no2)c1. The van der Waals surface area contributed by atoms with E-state index in [1.165, 1.54) is 5.56 Å². The van der Waals surface area contributed by atoms with Crippen LogP contribution in [0.5, 0.6) is 0 Å². The molecule has 1 saturated heterocycles. The molecule has 0 aliphatic carbocycles. The van der Waals surface area contributed by atoms with Gasteiger partial charge in [-0.3, -0.25) is 4.79 Å². The molecule has 1 amide bonds. The van der Waals surface area contributed by atoms with Crippen LogP contribution in [0.15, 0.2) is 59.1 Å². The monoisotopic (exact) mass is 376 g/mol. The highest BCUT2D eigenvalue weighted by atomic mass is 16.5. The largest absolute Gasteiger partial charge is 0.379 e. The minimum Gasteiger partial charge on any atom is -0.379 e. The summed E-state index contributed by atoms with van der Waals surface area (Å²) < 4.78 is 11.0. The molecular formula is C23H24N2O3. The minimum absolute atomic E-state index is 0.0523. The molecular weight excluding hydrogens is 352 g/mol. The van der Waals surface area contributed by atoms with Crippen LogP contribution in [-0.4, -0.2) is 30.3 Å². The number of aromatic nitrogens is 1. The summed E-state index contributed by atoms with van der Waals surface area (Å²) in [6.45, 7) is 5.07. The van der Waals surface area contributed by atoms with Crippen molar-refractivity contribution in [3.8, 4) is 11.1 Å². The summed E-state index contributed by atoms with van der Waals surface area (Å²) in [6.07, 6.45) is 0.700. The Morgan fingerprint density at radius 3 is 2.75 bits per heavy atom. The molecule has 5 nitrogen and oxygen atoms in total. The van der Waals surface area contributed by atoms with Gasteiger partial charge in [0.05, 0.1) is 24.9 Å². The van der Waals surface area contributed by atoms with Gasteiger partial charge in [-0.1, -0.05) is 53.2 Å². The first-order valence-corrected chi connectivity index (χ1v) is 9.57. The normalized spacial score (nSPS) is 18.9. The summed E-state index contributed by atoms with van der Waals surface area (Å²) in [6, 6.07) is 17.8. The average molecular weight is 376 g/mol. The Morgan fingerprint density at radius 1 is 1.11 bits per heavy atom. The number of carbonyl (C=O) groups is 1. The zero-order chi connectivity index (χ0) is 19.5. The number of carbonyl (C=O) groups excluding carboxylic acids is 1. The lowest BCUT2D eigenvalue weighted by Gasteiger charge is -2.19. The lowest BCUT2D eigenvalue weighted by atomic mass is 9.95. The zero-order valence-electron chi connectivity index (χ0n) is 16.1. The first-order valence-electron chi connectivity index (χ1n) is 9.57. The molecule has 28 heavy (non-hydrogen) atoms. The van der Waals surface area contributed by atoms with Crippen LogP contribution in [-0.2, 0) is 11.2 Å². The van der Waals surface area contributed by atoms with Gasteiger partial charge in [-0.15, -0.1) is 0 Å². The first kappa shape index (κ1) is 18.4. The summed E-state index contributed by atoms with van der Waals surface area (Å²) in [4.78, 5) is 13.1. The second kappa shape index (κ2) is 7.98. The van der Waals surface area contributed by atoms with Crippen molar-refractivity contribution < 1.29 is 14.1 Å². The minimum atomic E-state index is -0.0774. The van der Waals surface area contributed by atoms with E-state index in [0.29, 0.717) is 25.2 Å². The highest BCUT2D eigenvalue weighted by Crippen LogP contribution is 2.26. The van der Waals surface area contributed by atoms with Crippen LogP contribution < -0.4 is 5.32 Å². The van der Waals surface area contributed by atoms with E-state index in [1.807, 2.05) is 49.4 Å². The van der Waals surface area contributed by atoms with Crippen molar-refractivity contribution in [1.82, 2.24) is 10.5 Å². The summed E-state index contributed by atoms with van der Waals surface area (Å²) in [5, 5.41) is 7.11. The third-order valence-corrected chi connectivity index (χ3v) is 5.16. The third kappa shape index (κ3) is 3.99. The van der Waals surface area contributed by atoms with Gasteiger partial charge in [-0.2, -0.15) is 0 Å². The molecule has 1 N–H and O–H groups in total. The fraction of sp³-hybridized carbons (Fsp3) is 0.304. The van der Waals surface area contributed by atoms with Crippen LogP contribution >= 0.6 is 0 Å². The van der Waals surface area contributed by atoms with Gasteiger partial charge in [-0.05, 0) is 31.0 Å². The molecule has 1 aliphatic heterocycles. The van der Waals surface area contributed by atoms with E-state index in [9.17, 15) is 4.79 Å². The van der Waals surface area contributed by atoms with Crippen molar-refractivity contribution in [2.75, 3.05) is 13.2 Å². The maximum absolute atomic E-state index is 13.1. The van der Waals surface area contributed by atoms with E-state index in [4.69, 9.17) is 9.26 Å². The summed E-state index contributed by atoms with van der Waals surface area (Å²) in [5.74, 6) is 0.918. The Labute approximate surface area is 164 Å². The van der Waals surface area contributed by atoms with Crippen molar-refractivity contribution in [2.24, 2.45) is 5.92 Å². The van der Waals surface area contributed by atoms with Gasteiger partial charge in [0.1, 0.15) is 5.76 Å². The van der Waals surface area contributed by atoms with Gasteiger partial charge in [0, 0.05) is 24.0 Å². The Balaban J connectivity index is 1.52. The molecule has 1 fully saturated rings. The number of hydrogen-bond donors (Lipinski definition) is 1. The lowest BCUT2D eigenvalue weighted by Crippen LogP contribution is -2.40. The predicted octanol–water partition coefficient (Wildman–Crippen LogP) is 3.95. The van der Waals surface area contributed by atoms with Crippen molar-refractivity contribution in [2.45, 2.75) is 26.3 Å². The molecule has 1 aliphatic rings. The van der Waals surface area contributed by atoms with E-state index in [-0.39, 0.29) is 17.9 Å². The van der Waals surface area contributed by atoms with E-state index in [2.05, 4.69) is 29.5 Å². The lowest BCUT2D eigenvalue weighted by molar-refractivity contribution is 0.0925. The van der Waals surface area contributed by atoms with Crippen LogP contribution in [0.1, 0.15) is 27.4 Å². The number of hydrogen-bond acceptors (Lipinski definition) is 4. The second-order valence-corrected chi connectivity index (χ2v) is 7.43. The first-order chi connectivity index (χ1) is 13.6. The molecule has 0 unspecified atom stereocenters. The van der Waals surface area contributed by atoms with E-state index in [0.717, 1.165) is 22.6 Å². The molecule has 2 atom stereocenters. The molecule has 0 radical (unpaired) electrons. The van der Waals surface area contributed by atoms with Gasteiger partial charge in [0.15, 0.2) is 0 Å². The summed E-state index contributed by atoms with van der Waals surface area (Å²) >= 11 is 0. The van der Waals surface area contributed by atoms with Crippen LogP contribution in [0.2, 0.25) is 0 Å². The van der Waals surface area contributed by atoms with E-state index < -0.39 is 0 Å². The Bertz CT molecular complexity index is 979. The topological polar surface area (TPSA) is 64.4 Å². The Kier molecular flexibility index (Phi) is 5.26. The Morgan fingerprint density at radius 2 is 1.96 bits per heavy atom. The summed E-state index contributed by atoms with van der Waals surface area (Å²) in [7, 11) is 0. The van der Waals surface area contributed by atoms with Gasteiger partial charge in [-0.25, -0.2) is 0 Å². The van der Waals surface area contributed by atoms with Crippen LogP contribution in [0.4, 0.5) is 0 Å². The van der Waals surface area contributed by atoms with Gasteiger partial charge in [0.2, 0.25) is 0 Å². The molecule has 2 heterocycles. The molecule has 0 saturated carbocycles. The number of rotatable bonds is 5. The molecule has 3 aromatic rings. The van der Waals surface area contributed by atoms with E-state index in [1.54, 1.807) is 0 Å². The third-order valence-electron chi connectivity index (χ3n) is 5.16. The molecule has 144 valence electrons. The molecule has 4 rings (SSSR count). The van der Waals surface area contributed by atoms with Crippen molar-refractivity contribution >= 4 is 5.91 Å². The fourth-order valence-electron chi connectivity index (χ4n) is 3.72. The maximum Gasteiger partial charge on any atom is 0.252 e. The maximum atomic E-state index is 13.1. The molecule has 5 heteroatoms. The predicted molar refractivity (Wildman–Crippen MR) is 107 cm³/mol. The molecule has 0 spiro atoms. The smallest absolute Gasteiger partial charge is 0.252 e. The quantitative estimate of drug-likeness (QED) is 0.732.